The molecule has 0 spiro atoms. The lowest BCUT2D eigenvalue weighted by atomic mass is 10.2. The van der Waals surface area contributed by atoms with E-state index in [9.17, 15) is 0 Å². The SMILES string of the molecule is C1=COC2C=NC=NC2=C1. The highest BCUT2D eigenvalue weighted by molar-refractivity contribution is 5.81. The fourth-order valence-corrected chi connectivity index (χ4v) is 0.877. The van der Waals surface area contributed by atoms with Crippen molar-refractivity contribution in [1.29, 1.82) is 0 Å². The Bertz CT molecular complexity index is 250. The van der Waals surface area contributed by atoms with Gasteiger partial charge in [-0.15, -0.1) is 0 Å². The van der Waals surface area contributed by atoms with Crippen LogP contribution in [0.15, 0.2) is 34.1 Å². The Kier molecular flexibility index (Phi) is 1.13. The summed E-state index contributed by atoms with van der Waals surface area (Å²) in [5, 5.41) is 0. The van der Waals surface area contributed by atoms with E-state index in [0.717, 1.165) is 5.70 Å². The van der Waals surface area contributed by atoms with Crippen LogP contribution < -0.4 is 0 Å². The molecule has 2 rings (SSSR count). The molecule has 0 bridgehead atoms. The Labute approximate surface area is 58.4 Å². The van der Waals surface area contributed by atoms with Crippen LogP contribution in [-0.2, 0) is 4.74 Å². The number of aliphatic imine (C=N–C) groups is 2. The molecule has 0 aliphatic carbocycles. The van der Waals surface area contributed by atoms with Gasteiger partial charge in [-0.25, -0.2) is 9.98 Å². The summed E-state index contributed by atoms with van der Waals surface area (Å²) in [7, 11) is 0. The number of nitrogens with zero attached hydrogens (tertiary/aromatic N) is 2. The molecule has 0 aromatic rings. The Balaban J connectivity index is 2.34. The first-order valence-corrected chi connectivity index (χ1v) is 3.05. The summed E-state index contributed by atoms with van der Waals surface area (Å²) < 4.78 is 5.17. The highest BCUT2D eigenvalue weighted by Gasteiger charge is 2.14. The molecule has 3 heteroatoms. The first kappa shape index (κ1) is 5.41. The second-order valence-corrected chi connectivity index (χ2v) is 2.02. The molecule has 2 aliphatic heterocycles. The number of fused-ring (bicyclic) bond motifs is 1. The van der Waals surface area contributed by atoms with E-state index in [1.54, 1.807) is 12.5 Å². The monoisotopic (exact) mass is 134 g/mol. The van der Waals surface area contributed by atoms with Gasteiger partial charge in [0.2, 0.25) is 0 Å². The first-order chi connectivity index (χ1) is 4.97. The summed E-state index contributed by atoms with van der Waals surface area (Å²) in [6.45, 7) is 0. The molecule has 50 valence electrons. The van der Waals surface area contributed by atoms with Crippen molar-refractivity contribution in [3.05, 3.63) is 24.1 Å². The fourth-order valence-electron chi connectivity index (χ4n) is 0.877. The average molecular weight is 134 g/mol. The summed E-state index contributed by atoms with van der Waals surface area (Å²) in [4.78, 5) is 7.86. The molecule has 10 heavy (non-hydrogen) atoms. The van der Waals surface area contributed by atoms with Crippen LogP contribution in [0.25, 0.3) is 0 Å². The van der Waals surface area contributed by atoms with Crippen molar-refractivity contribution >= 4 is 12.6 Å². The highest BCUT2D eigenvalue weighted by Crippen LogP contribution is 2.13. The standard InChI is InChI=1S/C7H6N2O/c1-2-6-7(10-3-1)4-8-5-9-6/h1-5,7H. The normalized spacial score (nSPS) is 27.2. The highest BCUT2D eigenvalue weighted by atomic mass is 16.5. The predicted octanol–water partition coefficient (Wildman–Crippen LogP) is 0.895. The van der Waals surface area contributed by atoms with E-state index in [2.05, 4.69) is 9.98 Å². The molecule has 2 aliphatic rings. The molecule has 0 aromatic carbocycles. The molecule has 1 atom stereocenters. The van der Waals surface area contributed by atoms with Gasteiger partial charge in [0.15, 0.2) is 6.10 Å². The van der Waals surface area contributed by atoms with Gasteiger partial charge in [0.25, 0.3) is 0 Å². The van der Waals surface area contributed by atoms with Crippen LogP contribution in [0.1, 0.15) is 0 Å². The first-order valence-electron chi connectivity index (χ1n) is 3.05. The fraction of sp³-hybridized carbons (Fsp3) is 0.143. The third-order valence-corrected chi connectivity index (χ3v) is 1.36. The van der Waals surface area contributed by atoms with E-state index < -0.39 is 0 Å². The van der Waals surface area contributed by atoms with Gasteiger partial charge in [-0.1, -0.05) is 0 Å². The Morgan fingerprint density at radius 1 is 1.50 bits per heavy atom. The van der Waals surface area contributed by atoms with E-state index >= 15 is 0 Å². The minimum Gasteiger partial charge on any atom is -0.486 e. The molecular formula is C7H6N2O. The van der Waals surface area contributed by atoms with Gasteiger partial charge >= 0.3 is 0 Å². The Hall–Kier alpha value is -1.38. The van der Waals surface area contributed by atoms with Crippen LogP contribution >= 0.6 is 0 Å². The van der Waals surface area contributed by atoms with Crippen LogP contribution in [0.2, 0.25) is 0 Å². The Morgan fingerprint density at radius 3 is 3.40 bits per heavy atom. The van der Waals surface area contributed by atoms with Gasteiger partial charge in [0.05, 0.1) is 18.2 Å². The largest absolute Gasteiger partial charge is 0.486 e. The van der Waals surface area contributed by atoms with Gasteiger partial charge in [0.1, 0.15) is 6.34 Å². The molecular weight excluding hydrogens is 128 g/mol. The maximum Gasteiger partial charge on any atom is 0.175 e. The predicted molar refractivity (Wildman–Crippen MR) is 39.1 cm³/mol. The van der Waals surface area contributed by atoms with Crippen LogP contribution in [0, 0.1) is 0 Å². The van der Waals surface area contributed by atoms with Gasteiger partial charge in [-0.2, -0.15) is 0 Å². The zero-order valence-corrected chi connectivity index (χ0v) is 5.27. The van der Waals surface area contributed by atoms with Crippen molar-refractivity contribution in [1.82, 2.24) is 0 Å². The molecule has 0 radical (unpaired) electrons. The number of ether oxygens (including phenoxy) is 1. The number of hydrogen-bond donors (Lipinski definition) is 0. The number of hydrogen-bond acceptors (Lipinski definition) is 3. The van der Waals surface area contributed by atoms with Crippen LogP contribution in [0.5, 0.6) is 0 Å². The van der Waals surface area contributed by atoms with E-state index in [-0.39, 0.29) is 6.10 Å². The lowest BCUT2D eigenvalue weighted by Gasteiger charge is -2.16. The number of rotatable bonds is 0. The minimum atomic E-state index is -0.0602. The molecule has 0 saturated carbocycles. The maximum atomic E-state index is 5.17. The molecule has 0 amide bonds. The average Bonchev–Trinajstić information content (AvgIpc) is 2.05. The van der Waals surface area contributed by atoms with Crippen molar-refractivity contribution in [3.8, 4) is 0 Å². The zero-order chi connectivity index (χ0) is 6.81. The third kappa shape index (κ3) is 0.757. The zero-order valence-electron chi connectivity index (χ0n) is 5.27. The van der Waals surface area contributed by atoms with Crippen molar-refractivity contribution in [2.24, 2.45) is 9.98 Å². The second kappa shape index (κ2) is 2.10. The van der Waals surface area contributed by atoms with Crippen molar-refractivity contribution < 1.29 is 4.74 Å². The molecule has 0 fully saturated rings. The lowest BCUT2D eigenvalue weighted by molar-refractivity contribution is 0.230. The summed E-state index contributed by atoms with van der Waals surface area (Å²) in [5.74, 6) is 0. The van der Waals surface area contributed by atoms with E-state index in [1.807, 2.05) is 12.2 Å². The van der Waals surface area contributed by atoms with Gasteiger partial charge < -0.3 is 4.74 Å². The van der Waals surface area contributed by atoms with E-state index in [4.69, 9.17) is 4.74 Å². The summed E-state index contributed by atoms with van der Waals surface area (Å²) in [5.41, 5.74) is 0.914. The summed E-state index contributed by atoms with van der Waals surface area (Å²) in [6.07, 6.45) is 8.56. The summed E-state index contributed by atoms with van der Waals surface area (Å²) >= 11 is 0. The molecule has 3 nitrogen and oxygen atoms in total. The van der Waals surface area contributed by atoms with Crippen molar-refractivity contribution in [3.63, 3.8) is 0 Å². The molecule has 1 unspecified atom stereocenters. The maximum absolute atomic E-state index is 5.17. The molecule has 0 saturated heterocycles. The van der Waals surface area contributed by atoms with Crippen LogP contribution in [0.4, 0.5) is 0 Å². The lowest BCUT2D eigenvalue weighted by Crippen LogP contribution is -2.18. The molecule has 2 heterocycles. The second-order valence-electron chi connectivity index (χ2n) is 2.02. The van der Waals surface area contributed by atoms with Gasteiger partial charge in [-0.05, 0) is 12.2 Å². The van der Waals surface area contributed by atoms with Gasteiger partial charge in [0, 0.05) is 0 Å². The number of allylic oxidation sites excluding steroid dienone is 2. The Morgan fingerprint density at radius 2 is 2.50 bits per heavy atom. The van der Waals surface area contributed by atoms with Crippen molar-refractivity contribution in [2.45, 2.75) is 6.10 Å². The topological polar surface area (TPSA) is 34.0 Å². The smallest absolute Gasteiger partial charge is 0.175 e. The summed E-state index contributed by atoms with van der Waals surface area (Å²) in [6, 6.07) is 0. The van der Waals surface area contributed by atoms with E-state index in [1.165, 1.54) is 6.34 Å². The molecule has 0 N–H and O–H groups in total. The third-order valence-electron chi connectivity index (χ3n) is 1.36. The van der Waals surface area contributed by atoms with E-state index in [0.29, 0.717) is 0 Å². The van der Waals surface area contributed by atoms with Crippen LogP contribution in [-0.4, -0.2) is 18.7 Å². The molecule has 0 aromatic heterocycles. The van der Waals surface area contributed by atoms with Crippen LogP contribution in [0.3, 0.4) is 0 Å². The van der Waals surface area contributed by atoms with Gasteiger partial charge in [-0.3, -0.25) is 0 Å². The quantitative estimate of drug-likeness (QED) is 0.484. The van der Waals surface area contributed by atoms with Crippen molar-refractivity contribution in [2.75, 3.05) is 0 Å². The minimum absolute atomic E-state index is 0.0602.